The number of anilines is 1. The zero-order valence-corrected chi connectivity index (χ0v) is 12.4. The number of benzene rings is 1. The summed E-state index contributed by atoms with van der Waals surface area (Å²) < 4.78 is 5.19. The topological polar surface area (TPSA) is 41.6 Å². The summed E-state index contributed by atoms with van der Waals surface area (Å²) in [5.41, 5.74) is 0.881. The van der Waals surface area contributed by atoms with E-state index in [1.54, 1.807) is 12.0 Å². The first-order chi connectivity index (χ1) is 9.70. The minimum absolute atomic E-state index is 0.158. The fraction of sp³-hybridized carbons (Fsp3) is 0.562. The molecule has 1 atom stereocenters. The van der Waals surface area contributed by atoms with Crippen LogP contribution in [0.4, 0.5) is 5.69 Å². The van der Waals surface area contributed by atoms with Gasteiger partial charge in [0.05, 0.1) is 7.11 Å². The molecule has 1 heterocycles. The Bertz CT molecular complexity index is 442. The number of hydrogen-bond acceptors (Lipinski definition) is 3. The zero-order chi connectivity index (χ0) is 14.4. The molecule has 1 N–H and O–H groups in total. The Morgan fingerprint density at radius 2 is 2.30 bits per heavy atom. The second kappa shape index (κ2) is 7.29. The number of methoxy groups -OCH3 is 1. The first-order valence-corrected chi connectivity index (χ1v) is 7.34. The molecule has 1 saturated heterocycles. The van der Waals surface area contributed by atoms with E-state index in [4.69, 9.17) is 4.74 Å². The summed E-state index contributed by atoms with van der Waals surface area (Å²) in [4.78, 5) is 14.0. The number of hydrogen-bond donors (Lipinski definition) is 1. The normalized spacial score (nSPS) is 18.6. The van der Waals surface area contributed by atoms with E-state index < -0.39 is 0 Å². The van der Waals surface area contributed by atoms with Crippen molar-refractivity contribution in [3.8, 4) is 5.75 Å². The Balaban J connectivity index is 1.87. The number of carbonyl (C=O) groups is 1. The van der Waals surface area contributed by atoms with Crippen molar-refractivity contribution in [1.82, 2.24) is 5.32 Å². The van der Waals surface area contributed by atoms with Gasteiger partial charge in [-0.2, -0.15) is 0 Å². The van der Waals surface area contributed by atoms with Gasteiger partial charge in [0, 0.05) is 31.3 Å². The van der Waals surface area contributed by atoms with Gasteiger partial charge in [0.15, 0.2) is 0 Å². The van der Waals surface area contributed by atoms with E-state index in [1.807, 2.05) is 31.3 Å². The van der Waals surface area contributed by atoms with E-state index in [1.165, 1.54) is 19.3 Å². The van der Waals surface area contributed by atoms with E-state index in [0.29, 0.717) is 12.5 Å². The summed E-state index contributed by atoms with van der Waals surface area (Å²) in [7, 11) is 3.46. The van der Waals surface area contributed by atoms with Crippen molar-refractivity contribution in [1.29, 1.82) is 0 Å². The summed E-state index contributed by atoms with van der Waals surface area (Å²) in [5, 5.41) is 3.48. The van der Waals surface area contributed by atoms with E-state index in [2.05, 4.69) is 5.32 Å². The van der Waals surface area contributed by atoms with Crippen molar-refractivity contribution in [2.45, 2.75) is 38.1 Å². The van der Waals surface area contributed by atoms with Crippen LogP contribution in [0.2, 0.25) is 0 Å². The molecule has 0 spiro atoms. The molecule has 0 radical (unpaired) electrons. The van der Waals surface area contributed by atoms with Gasteiger partial charge in [-0.3, -0.25) is 4.79 Å². The molecule has 4 nitrogen and oxygen atoms in total. The van der Waals surface area contributed by atoms with Crippen molar-refractivity contribution >= 4 is 11.6 Å². The fourth-order valence-corrected chi connectivity index (χ4v) is 2.60. The first kappa shape index (κ1) is 14.9. The second-order valence-electron chi connectivity index (χ2n) is 5.34. The third kappa shape index (κ3) is 3.97. The van der Waals surface area contributed by atoms with Gasteiger partial charge in [-0.1, -0.05) is 12.5 Å². The van der Waals surface area contributed by atoms with E-state index in [9.17, 15) is 4.79 Å². The molecule has 110 valence electrons. The Hall–Kier alpha value is -1.55. The molecule has 1 aliphatic heterocycles. The van der Waals surface area contributed by atoms with Crippen LogP contribution < -0.4 is 15.0 Å². The molecule has 4 heteroatoms. The average Bonchev–Trinajstić information content (AvgIpc) is 2.53. The molecule has 0 aliphatic carbocycles. The maximum absolute atomic E-state index is 12.2. The molecule has 1 aromatic carbocycles. The third-order valence-corrected chi connectivity index (χ3v) is 3.93. The first-order valence-electron chi connectivity index (χ1n) is 7.34. The van der Waals surface area contributed by atoms with Gasteiger partial charge in [0.1, 0.15) is 5.75 Å². The SMILES string of the molecule is COc1cccc(N(C)C(=O)CCC2CCCCN2)c1. The van der Waals surface area contributed by atoms with E-state index in [-0.39, 0.29) is 5.91 Å². The molecule has 0 saturated carbocycles. The van der Waals surface area contributed by atoms with Crippen LogP contribution in [0, 0.1) is 0 Å². The Labute approximate surface area is 121 Å². The molecule has 0 aromatic heterocycles. The van der Waals surface area contributed by atoms with Gasteiger partial charge in [0.2, 0.25) is 5.91 Å². The standard InChI is InChI=1S/C16H24N2O2/c1-18(14-7-5-8-15(12-14)20-2)16(19)10-9-13-6-3-4-11-17-13/h5,7-8,12-13,17H,3-4,6,9-11H2,1-2H3. The van der Waals surface area contributed by atoms with Crippen molar-refractivity contribution in [2.75, 3.05) is 25.6 Å². The lowest BCUT2D eigenvalue weighted by Crippen LogP contribution is -2.35. The summed E-state index contributed by atoms with van der Waals surface area (Å²) in [5.74, 6) is 0.932. The van der Waals surface area contributed by atoms with Crippen LogP contribution in [0.25, 0.3) is 0 Å². The van der Waals surface area contributed by atoms with Gasteiger partial charge in [-0.05, 0) is 37.9 Å². The molecule has 1 unspecified atom stereocenters. The van der Waals surface area contributed by atoms with Gasteiger partial charge < -0.3 is 15.0 Å². The smallest absolute Gasteiger partial charge is 0.226 e. The fourth-order valence-electron chi connectivity index (χ4n) is 2.60. The molecule has 1 aromatic rings. The number of ether oxygens (including phenoxy) is 1. The lowest BCUT2D eigenvalue weighted by molar-refractivity contribution is -0.118. The zero-order valence-electron chi connectivity index (χ0n) is 12.4. The Kier molecular flexibility index (Phi) is 5.41. The molecular formula is C16H24N2O2. The third-order valence-electron chi connectivity index (χ3n) is 3.93. The molecule has 1 aliphatic rings. The maximum atomic E-state index is 12.2. The number of amides is 1. The molecule has 20 heavy (non-hydrogen) atoms. The van der Waals surface area contributed by atoms with Crippen LogP contribution in [0.15, 0.2) is 24.3 Å². The predicted octanol–water partition coefficient (Wildman–Crippen LogP) is 2.58. The van der Waals surface area contributed by atoms with Crippen LogP contribution in [-0.2, 0) is 4.79 Å². The van der Waals surface area contributed by atoms with Gasteiger partial charge in [-0.15, -0.1) is 0 Å². The highest BCUT2D eigenvalue weighted by atomic mass is 16.5. The van der Waals surface area contributed by atoms with Gasteiger partial charge >= 0.3 is 0 Å². The second-order valence-corrected chi connectivity index (χ2v) is 5.34. The van der Waals surface area contributed by atoms with Gasteiger partial charge in [-0.25, -0.2) is 0 Å². The number of nitrogens with zero attached hydrogens (tertiary/aromatic N) is 1. The highest BCUT2D eigenvalue weighted by Gasteiger charge is 2.16. The van der Waals surface area contributed by atoms with Crippen molar-refractivity contribution in [3.05, 3.63) is 24.3 Å². The lowest BCUT2D eigenvalue weighted by atomic mass is 10.0. The number of nitrogens with one attached hydrogen (secondary N) is 1. The molecule has 1 amide bonds. The maximum Gasteiger partial charge on any atom is 0.226 e. The van der Waals surface area contributed by atoms with Crippen molar-refractivity contribution in [2.24, 2.45) is 0 Å². The Morgan fingerprint density at radius 3 is 3.00 bits per heavy atom. The van der Waals surface area contributed by atoms with Crippen LogP contribution in [0.1, 0.15) is 32.1 Å². The summed E-state index contributed by atoms with van der Waals surface area (Å²) in [6, 6.07) is 8.11. The highest BCUT2D eigenvalue weighted by Crippen LogP contribution is 2.21. The van der Waals surface area contributed by atoms with Crippen LogP contribution in [0.5, 0.6) is 5.75 Å². The molecular weight excluding hydrogens is 252 g/mol. The van der Waals surface area contributed by atoms with Crippen molar-refractivity contribution < 1.29 is 9.53 Å². The molecule has 1 fully saturated rings. The highest BCUT2D eigenvalue weighted by molar-refractivity contribution is 5.92. The minimum Gasteiger partial charge on any atom is -0.497 e. The minimum atomic E-state index is 0.158. The van der Waals surface area contributed by atoms with Crippen molar-refractivity contribution in [3.63, 3.8) is 0 Å². The number of piperidine rings is 1. The summed E-state index contributed by atoms with van der Waals surface area (Å²) in [6.45, 7) is 1.09. The lowest BCUT2D eigenvalue weighted by Gasteiger charge is -2.24. The average molecular weight is 276 g/mol. The Morgan fingerprint density at radius 1 is 1.45 bits per heavy atom. The molecule has 2 rings (SSSR count). The van der Waals surface area contributed by atoms with Crippen LogP contribution >= 0.6 is 0 Å². The predicted molar refractivity (Wildman–Crippen MR) is 81.3 cm³/mol. The van der Waals surface area contributed by atoms with E-state index in [0.717, 1.165) is 24.4 Å². The van der Waals surface area contributed by atoms with Gasteiger partial charge in [0.25, 0.3) is 0 Å². The van der Waals surface area contributed by atoms with Crippen LogP contribution in [0.3, 0.4) is 0 Å². The largest absolute Gasteiger partial charge is 0.497 e. The summed E-state index contributed by atoms with van der Waals surface area (Å²) in [6.07, 6.45) is 5.24. The quantitative estimate of drug-likeness (QED) is 0.898. The number of carbonyl (C=O) groups excluding carboxylic acids is 1. The summed E-state index contributed by atoms with van der Waals surface area (Å²) >= 11 is 0. The van der Waals surface area contributed by atoms with E-state index >= 15 is 0 Å². The monoisotopic (exact) mass is 276 g/mol. The van der Waals surface area contributed by atoms with Crippen LogP contribution in [-0.4, -0.2) is 32.7 Å². The molecule has 0 bridgehead atoms. The number of rotatable bonds is 5.